The molecule has 0 aliphatic rings. The molecule has 0 heterocycles. The first-order valence-electron chi connectivity index (χ1n) is 8.39. The van der Waals surface area contributed by atoms with Crippen LogP contribution >= 0.6 is 0 Å². The van der Waals surface area contributed by atoms with Gasteiger partial charge in [-0.2, -0.15) is 0 Å². The van der Waals surface area contributed by atoms with Crippen LogP contribution in [0.1, 0.15) is 51.7 Å². The van der Waals surface area contributed by atoms with Crippen molar-refractivity contribution in [3.8, 4) is 5.75 Å². The Morgan fingerprint density at radius 3 is 2.29 bits per heavy atom. The molecule has 0 saturated heterocycles. The molecule has 1 aromatic rings. The second kappa shape index (κ2) is 9.30. The van der Waals surface area contributed by atoms with Crippen molar-refractivity contribution in [2.24, 2.45) is 5.92 Å². The van der Waals surface area contributed by atoms with Crippen LogP contribution in [0, 0.1) is 12.8 Å². The molecule has 0 saturated carbocycles. The van der Waals surface area contributed by atoms with E-state index >= 15 is 0 Å². The number of ether oxygens (including phenoxy) is 2. The fourth-order valence-corrected chi connectivity index (χ4v) is 2.18. The Kier molecular flexibility index (Phi) is 7.75. The smallest absolute Gasteiger partial charge is 0.344 e. The number of amides is 1. The fraction of sp³-hybridized carbons (Fsp3) is 0.579. The number of carbonyl (C=O) groups excluding carboxylic acids is 2. The number of aryl methyl sites for hydroxylation is 1. The Morgan fingerprint density at radius 2 is 1.75 bits per heavy atom. The standard InChI is InChI=1S/C19H29NO4/c1-12(2)15(6)20-18(21)10-24-19(22)11-23-16-7-8-17(13(3)4)14(5)9-16/h7-9,12-13,15H,10-11H2,1-6H3,(H,20,21)/t15-/m0/s1. The quantitative estimate of drug-likeness (QED) is 0.741. The number of hydrogen-bond acceptors (Lipinski definition) is 4. The molecule has 0 radical (unpaired) electrons. The van der Waals surface area contributed by atoms with Gasteiger partial charge in [0.25, 0.3) is 5.91 Å². The van der Waals surface area contributed by atoms with Crippen LogP contribution in [0.5, 0.6) is 5.75 Å². The highest BCUT2D eigenvalue weighted by atomic mass is 16.6. The molecular formula is C19H29NO4. The molecule has 0 aromatic heterocycles. The Labute approximate surface area is 144 Å². The molecule has 1 atom stereocenters. The molecule has 0 unspecified atom stereocenters. The zero-order valence-corrected chi connectivity index (χ0v) is 15.5. The van der Waals surface area contributed by atoms with Crippen molar-refractivity contribution in [2.75, 3.05) is 13.2 Å². The molecule has 134 valence electrons. The molecule has 1 amide bonds. The normalized spacial score (nSPS) is 12.2. The van der Waals surface area contributed by atoms with Crippen LogP contribution in [0.2, 0.25) is 0 Å². The van der Waals surface area contributed by atoms with Crippen molar-refractivity contribution in [1.29, 1.82) is 0 Å². The molecule has 0 bridgehead atoms. The third-order valence-electron chi connectivity index (χ3n) is 3.97. The van der Waals surface area contributed by atoms with Crippen molar-refractivity contribution in [1.82, 2.24) is 5.32 Å². The summed E-state index contributed by atoms with van der Waals surface area (Å²) >= 11 is 0. The van der Waals surface area contributed by atoms with E-state index in [9.17, 15) is 9.59 Å². The van der Waals surface area contributed by atoms with Crippen LogP contribution in [0.4, 0.5) is 0 Å². The van der Waals surface area contributed by atoms with Crippen LogP contribution in [0.15, 0.2) is 18.2 Å². The topological polar surface area (TPSA) is 64.6 Å². The molecule has 0 fully saturated rings. The number of hydrogen-bond donors (Lipinski definition) is 1. The maximum absolute atomic E-state index is 11.7. The summed E-state index contributed by atoms with van der Waals surface area (Å²) in [7, 11) is 0. The third kappa shape index (κ3) is 6.60. The maximum atomic E-state index is 11.7. The summed E-state index contributed by atoms with van der Waals surface area (Å²) in [6.07, 6.45) is 0. The molecule has 0 spiro atoms. The monoisotopic (exact) mass is 335 g/mol. The molecule has 1 aromatic carbocycles. The van der Waals surface area contributed by atoms with Crippen molar-refractivity contribution in [3.05, 3.63) is 29.3 Å². The van der Waals surface area contributed by atoms with Crippen molar-refractivity contribution in [2.45, 2.75) is 53.5 Å². The van der Waals surface area contributed by atoms with Crippen LogP contribution in [0.25, 0.3) is 0 Å². The molecule has 0 aliphatic carbocycles. The number of rotatable bonds is 8. The lowest BCUT2D eigenvalue weighted by Crippen LogP contribution is -2.39. The van der Waals surface area contributed by atoms with E-state index in [1.165, 1.54) is 5.56 Å². The van der Waals surface area contributed by atoms with E-state index in [1.807, 2.05) is 45.9 Å². The average Bonchev–Trinajstić information content (AvgIpc) is 2.50. The number of carbonyl (C=O) groups is 2. The zero-order chi connectivity index (χ0) is 18.3. The van der Waals surface area contributed by atoms with E-state index < -0.39 is 5.97 Å². The highest BCUT2D eigenvalue weighted by molar-refractivity contribution is 5.81. The number of esters is 1. The lowest BCUT2D eigenvalue weighted by atomic mass is 9.98. The summed E-state index contributed by atoms with van der Waals surface area (Å²) < 4.78 is 10.4. The van der Waals surface area contributed by atoms with E-state index in [-0.39, 0.29) is 25.2 Å². The van der Waals surface area contributed by atoms with Crippen LogP contribution in [-0.4, -0.2) is 31.1 Å². The SMILES string of the molecule is Cc1cc(OCC(=O)OCC(=O)N[C@@H](C)C(C)C)ccc1C(C)C. The minimum atomic E-state index is -0.562. The highest BCUT2D eigenvalue weighted by Gasteiger charge is 2.13. The van der Waals surface area contributed by atoms with Gasteiger partial charge in [-0.1, -0.05) is 33.8 Å². The summed E-state index contributed by atoms with van der Waals surface area (Å²) in [6.45, 7) is 11.7. The van der Waals surface area contributed by atoms with E-state index in [4.69, 9.17) is 9.47 Å². The van der Waals surface area contributed by atoms with Gasteiger partial charge in [0.2, 0.25) is 0 Å². The van der Waals surface area contributed by atoms with Crippen molar-refractivity contribution < 1.29 is 19.1 Å². The van der Waals surface area contributed by atoms with Gasteiger partial charge in [0.05, 0.1) is 0 Å². The summed E-state index contributed by atoms with van der Waals surface area (Å²) in [4.78, 5) is 23.3. The minimum Gasteiger partial charge on any atom is -0.482 e. The molecule has 24 heavy (non-hydrogen) atoms. The predicted molar refractivity (Wildman–Crippen MR) is 94.2 cm³/mol. The summed E-state index contributed by atoms with van der Waals surface area (Å²) in [6, 6.07) is 5.78. The zero-order valence-electron chi connectivity index (χ0n) is 15.5. The van der Waals surface area contributed by atoms with Crippen molar-refractivity contribution >= 4 is 11.9 Å². The minimum absolute atomic E-state index is 0.0369. The first-order valence-corrected chi connectivity index (χ1v) is 8.39. The van der Waals surface area contributed by atoms with Gasteiger partial charge in [0, 0.05) is 6.04 Å². The number of benzene rings is 1. The van der Waals surface area contributed by atoms with Gasteiger partial charge in [0.1, 0.15) is 5.75 Å². The van der Waals surface area contributed by atoms with E-state index in [2.05, 4.69) is 19.2 Å². The molecule has 1 rings (SSSR count). The summed E-state index contributed by atoms with van der Waals surface area (Å²) in [5, 5.41) is 2.78. The number of nitrogens with one attached hydrogen (secondary N) is 1. The maximum Gasteiger partial charge on any atom is 0.344 e. The van der Waals surface area contributed by atoms with Gasteiger partial charge < -0.3 is 14.8 Å². The van der Waals surface area contributed by atoms with E-state index in [0.29, 0.717) is 17.6 Å². The van der Waals surface area contributed by atoms with Gasteiger partial charge in [-0.25, -0.2) is 4.79 Å². The molecule has 1 N–H and O–H groups in total. The first-order chi connectivity index (χ1) is 11.2. The van der Waals surface area contributed by atoms with E-state index in [0.717, 1.165) is 5.56 Å². The first kappa shape index (κ1) is 20.0. The lowest BCUT2D eigenvalue weighted by Gasteiger charge is -2.17. The second-order valence-corrected chi connectivity index (χ2v) is 6.72. The van der Waals surface area contributed by atoms with Crippen molar-refractivity contribution in [3.63, 3.8) is 0 Å². The largest absolute Gasteiger partial charge is 0.482 e. The Hall–Kier alpha value is -2.04. The molecular weight excluding hydrogens is 306 g/mol. The highest BCUT2D eigenvalue weighted by Crippen LogP contribution is 2.23. The average molecular weight is 335 g/mol. The van der Waals surface area contributed by atoms with Gasteiger partial charge >= 0.3 is 5.97 Å². The Morgan fingerprint density at radius 1 is 1.08 bits per heavy atom. The summed E-state index contributed by atoms with van der Waals surface area (Å²) in [5.74, 6) is 0.516. The van der Waals surface area contributed by atoms with E-state index in [1.54, 1.807) is 0 Å². The lowest BCUT2D eigenvalue weighted by molar-refractivity contribution is -0.150. The molecule has 0 aliphatic heterocycles. The Balaban J connectivity index is 2.39. The van der Waals surface area contributed by atoms with Crippen LogP contribution in [0.3, 0.4) is 0 Å². The predicted octanol–water partition coefficient (Wildman–Crippen LogP) is 3.20. The Bertz CT molecular complexity index is 566. The summed E-state index contributed by atoms with van der Waals surface area (Å²) in [5.41, 5.74) is 2.37. The van der Waals surface area contributed by atoms with Gasteiger partial charge in [-0.05, 0) is 48.9 Å². The second-order valence-electron chi connectivity index (χ2n) is 6.72. The molecule has 5 heteroatoms. The third-order valence-corrected chi connectivity index (χ3v) is 3.97. The van der Waals surface area contributed by atoms with Crippen LogP contribution < -0.4 is 10.1 Å². The van der Waals surface area contributed by atoms with Crippen LogP contribution in [-0.2, 0) is 14.3 Å². The van der Waals surface area contributed by atoms with Gasteiger partial charge in [0.15, 0.2) is 13.2 Å². The van der Waals surface area contributed by atoms with Gasteiger partial charge in [-0.15, -0.1) is 0 Å². The fourth-order valence-electron chi connectivity index (χ4n) is 2.18. The van der Waals surface area contributed by atoms with Gasteiger partial charge in [-0.3, -0.25) is 4.79 Å². The molecule has 5 nitrogen and oxygen atoms in total.